The van der Waals surface area contributed by atoms with E-state index in [0.29, 0.717) is 6.42 Å². The Bertz CT molecular complexity index is 291. The third-order valence-corrected chi connectivity index (χ3v) is 2.76. The highest BCUT2D eigenvalue weighted by Gasteiger charge is 2.08. The van der Waals surface area contributed by atoms with Crippen molar-refractivity contribution in [3.8, 4) is 0 Å². The number of nitrogens with two attached hydrogens (primary N) is 2. The van der Waals surface area contributed by atoms with E-state index in [0.717, 1.165) is 10.6 Å². The van der Waals surface area contributed by atoms with Crippen LogP contribution in [0.2, 0.25) is 0 Å². The van der Waals surface area contributed by atoms with Crippen molar-refractivity contribution in [2.75, 3.05) is 5.75 Å². The number of primary amides is 1. The number of pyridine rings is 1. The van der Waals surface area contributed by atoms with Crippen molar-refractivity contribution in [3.63, 3.8) is 0 Å². The van der Waals surface area contributed by atoms with Gasteiger partial charge in [-0.3, -0.25) is 9.78 Å². The number of amides is 1. The molecular weight excluding hydrogens is 198 g/mol. The van der Waals surface area contributed by atoms with E-state index in [1.807, 2.05) is 12.1 Å². The van der Waals surface area contributed by atoms with Crippen LogP contribution in [0.4, 0.5) is 0 Å². The maximum Gasteiger partial charge on any atom is 0.234 e. The van der Waals surface area contributed by atoms with E-state index in [9.17, 15) is 4.79 Å². The van der Waals surface area contributed by atoms with Crippen LogP contribution in [0, 0.1) is 0 Å². The first-order chi connectivity index (χ1) is 6.70. The molecule has 5 heteroatoms. The van der Waals surface area contributed by atoms with Crippen LogP contribution in [-0.4, -0.2) is 22.7 Å². The van der Waals surface area contributed by atoms with Gasteiger partial charge in [0.05, 0.1) is 6.04 Å². The van der Waals surface area contributed by atoms with Crippen LogP contribution < -0.4 is 11.5 Å². The van der Waals surface area contributed by atoms with Gasteiger partial charge in [0.2, 0.25) is 5.91 Å². The van der Waals surface area contributed by atoms with E-state index in [1.54, 1.807) is 24.2 Å². The summed E-state index contributed by atoms with van der Waals surface area (Å²) in [6.07, 6.45) is 4.06. The summed E-state index contributed by atoms with van der Waals surface area (Å²) in [5.41, 5.74) is 10.5. The van der Waals surface area contributed by atoms with Gasteiger partial charge in [-0.25, -0.2) is 0 Å². The van der Waals surface area contributed by atoms with Gasteiger partial charge in [0, 0.05) is 17.3 Å². The SMILES string of the molecule is NC(=O)C(N)CCSc1ccncc1. The number of thioether (sulfide) groups is 1. The summed E-state index contributed by atoms with van der Waals surface area (Å²) >= 11 is 1.64. The summed E-state index contributed by atoms with van der Waals surface area (Å²) < 4.78 is 0. The number of aromatic nitrogens is 1. The number of nitrogens with zero attached hydrogens (tertiary/aromatic N) is 1. The van der Waals surface area contributed by atoms with E-state index in [1.165, 1.54) is 0 Å². The molecule has 0 radical (unpaired) electrons. The Kier molecular flexibility index (Phi) is 4.42. The van der Waals surface area contributed by atoms with Crippen LogP contribution in [0.1, 0.15) is 6.42 Å². The lowest BCUT2D eigenvalue weighted by Gasteiger charge is -2.06. The summed E-state index contributed by atoms with van der Waals surface area (Å²) in [4.78, 5) is 15.6. The molecule has 0 aliphatic heterocycles. The Morgan fingerprint density at radius 2 is 2.14 bits per heavy atom. The molecule has 4 nitrogen and oxygen atoms in total. The average molecular weight is 211 g/mol. The third kappa shape index (κ3) is 3.76. The van der Waals surface area contributed by atoms with Crippen molar-refractivity contribution in [3.05, 3.63) is 24.5 Å². The molecule has 4 N–H and O–H groups in total. The minimum Gasteiger partial charge on any atom is -0.368 e. The first-order valence-electron chi connectivity index (χ1n) is 4.28. The molecule has 1 aromatic rings. The zero-order valence-corrected chi connectivity index (χ0v) is 8.54. The second-order valence-electron chi connectivity index (χ2n) is 2.83. The van der Waals surface area contributed by atoms with Gasteiger partial charge in [0.15, 0.2) is 0 Å². The van der Waals surface area contributed by atoms with Crippen LogP contribution in [0.25, 0.3) is 0 Å². The van der Waals surface area contributed by atoms with E-state index in [4.69, 9.17) is 11.5 Å². The fourth-order valence-corrected chi connectivity index (χ4v) is 1.80. The van der Waals surface area contributed by atoms with E-state index < -0.39 is 11.9 Å². The van der Waals surface area contributed by atoms with Gasteiger partial charge in [-0.05, 0) is 24.3 Å². The number of carbonyl (C=O) groups is 1. The predicted octanol–water partition coefficient (Wildman–Crippen LogP) is 0.376. The molecule has 0 aromatic carbocycles. The largest absolute Gasteiger partial charge is 0.368 e. The Morgan fingerprint density at radius 1 is 1.50 bits per heavy atom. The topological polar surface area (TPSA) is 82.0 Å². The van der Waals surface area contributed by atoms with E-state index in [-0.39, 0.29) is 0 Å². The lowest BCUT2D eigenvalue weighted by Crippen LogP contribution is -2.36. The van der Waals surface area contributed by atoms with Crippen molar-refractivity contribution in [1.82, 2.24) is 4.98 Å². The Morgan fingerprint density at radius 3 is 2.71 bits per heavy atom. The molecule has 1 amide bonds. The Balaban J connectivity index is 2.26. The van der Waals surface area contributed by atoms with Gasteiger partial charge in [-0.1, -0.05) is 0 Å². The lowest BCUT2D eigenvalue weighted by atomic mass is 10.2. The van der Waals surface area contributed by atoms with Crippen molar-refractivity contribution < 1.29 is 4.79 Å². The smallest absolute Gasteiger partial charge is 0.234 e. The monoisotopic (exact) mass is 211 g/mol. The number of hydrogen-bond acceptors (Lipinski definition) is 4. The fraction of sp³-hybridized carbons (Fsp3) is 0.333. The number of carbonyl (C=O) groups excluding carboxylic acids is 1. The molecule has 0 spiro atoms. The third-order valence-electron chi connectivity index (χ3n) is 1.71. The molecule has 0 aliphatic rings. The molecule has 1 heterocycles. The molecule has 14 heavy (non-hydrogen) atoms. The molecule has 1 rings (SSSR count). The molecule has 0 saturated carbocycles. The standard InChI is InChI=1S/C9H13N3OS/c10-8(9(11)13)3-6-14-7-1-4-12-5-2-7/h1-2,4-5,8H,3,6,10H2,(H2,11,13). The fourth-order valence-electron chi connectivity index (χ4n) is 0.880. The summed E-state index contributed by atoms with van der Waals surface area (Å²) in [6, 6.07) is 3.30. The van der Waals surface area contributed by atoms with Crippen molar-refractivity contribution >= 4 is 17.7 Å². The maximum atomic E-state index is 10.6. The summed E-state index contributed by atoms with van der Waals surface area (Å²) in [5, 5.41) is 0. The van der Waals surface area contributed by atoms with Gasteiger partial charge in [-0.15, -0.1) is 11.8 Å². The highest BCUT2D eigenvalue weighted by atomic mass is 32.2. The van der Waals surface area contributed by atoms with Gasteiger partial charge in [0.1, 0.15) is 0 Å². The molecule has 1 unspecified atom stereocenters. The minimum absolute atomic E-state index is 0.444. The van der Waals surface area contributed by atoms with Crippen LogP contribution in [0.3, 0.4) is 0 Å². The zero-order valence-electron chi connectivity index (χ0n) is 7.72. The zero-order chi connectivity index (χ0) is 10.4. The van der Waals surface area contributed by atoms with E-state index in [2.05, 4.69) is 4.98 Å². The second kappa shape index (κ2) is 5.62. The molecule has 0 bridgehead atoms. The van der Waals surface area contributed by atoms with Crippen molar-refractivity contribution in [2.45, 2.75) is 17.4 Å². The number of hydrogen-bond donors (Lipinski definition) is 2. The lowest BCUT2D eigenvalue weighted by molar-refractivity contribution is -0.119. The predicted molar refractivity (Wildman–Crippen MR) is 56.7 cm³/mol. The average Bonchev–Trinajstić information content (AvgIpc) is 2.19. The van der Waals surface area contributed by atoms with Crippen LogP contribution in [-0.2, 0) is 4.79 Å². The van der Waals surface area contributed by atoms with Crippen LogP contribution in [0.5, 0.6) is 0 Å². The Labute approximate surface area is 87.1 Å². The molecule has 1 atom stereocenters. The van der Waals surface area contributed by atoms with Gasteiger partial charge < -0.3 is 11.5 Å². The molecule has 1 aromatic heterocycles. The number of rotatable bonds is 5. The quantitative estimate of drug-likeness (QED) is 0.690. The Hall–Kier alpha value is -1.07. The second-order valence-corrected chi connectivity index (χ2v) is 4.00. The van der Waals surface area contributed by atoms with Crippen molar-refractivity contribution in [1.29, 1.82) is 0 Å². The normalized spacial score (nSPS) is 12.4. The molecule has 0 fully saturated rings. The van der Waals surface area contributed by atoms with Crippen LogP contribution in [0.15, 0.2) is 29.4 Å². The maximum absolute atomic E-state index is 10.6. The highest BCUT2D eigenvalue weighted by Crippen LogP contribution is 2.17. The van der Waals surface area contributed by atoms with Gasteiger partial charge >= 0.3 is 0 Å². The minimum atomic E-state index is -0.538. The van der Waals surface area contributed by atoms with Gasteiger partial charge in [0.25, 0.3) is 0 Å². The molecule has 0 saturated heterocycles. The van der Waals surface area contributed by atoms with Crippen molar-refractivity contribution in [2.24, 2.45) is 11.5 Å². The first kappa shape index (κ1) is 11.0. The summed E-state index contributed by atoms with van der Waals surface area (Å²) in [6.45, 7) is 0. The highest BCUT2D eigenvalue weighted by molar-refractivity contribution is 7.99. The molecular formula is C9H13N3OS. The van der Waals surface area contributed by atoms with Crippen LogP contribution >= 0.6 is 11.8 Å². The summed E-state index contributed by atoms with van der Waals surface area (Å²) in [5.74, 6) is 0.342. The summed E-state index contributed by atoms with van der Waals surface area (Å²) in [7, 11) is 0. The first-order valence-corrected chi connectivity index (χ1v) is 5.26. The molecule has 76 valence electrons. The molecule has 0 aliphatic carbocycles. The van der Waals surface area contributed by atoms with Gasteiger partial charge in [-0.2, -0.15) is 0 Å². The van der Waals surface area contributed by atoms with E-state index >= 15 is 0 Å².